The third kappa shape index (κ3) is 2.10. The first-order valence-electron chi connectivity index (χ1n) is 5.73. The summed E-state index contributed by atoms with van der Waals surface area (Å²) in [6.07, 6.45) is 1.40. The summed E-state index contributed by atoms with van der Waals surface area (Å²) in [5.74, 6) is 1.64. The molecule has 0 amide bonds. The van der Waals surface area contributed by atoms with Gasteiger partial charge in [0.15, 0.2) is 0 Å². The van der Waals surface area contributed by atoms with Crippen LogP contribution in [0.2, 0.25) is 0 Å². The largest absolute Gasteiger partial charge is 0.496 e. The Morgan fingerprint density at radius 2 is 1.70 bits per heavy atom. The summed E-state index contributed by atoms with van der Waals surface area (Å²) >= 11 is 0. The number of benzene rings is 1. The molecule has 2 rings (SSSR count). The molecule has 0 atom stereocenters. The average Bonchev–Trinajstić information content (AvgIpc) is 2.85. The molecule has 1 aromatic heterocycles. The van der Waals surface area contributed by atoms with Crippen molar-refractivity contribution < 1.29 is 18.6 Å². The van der Waals surface area contributed by atoms with Crippen molar-refractivity contribution in [1.29, 1.82) is 5.26 Å². The Bertz CT molecular complexity index is 645. The summed E-state index contributed by atoms with van der Waals surface area (Å²) in [5, 5.41) is 9.18. The Morgan fingerprint density at radius 3 is 2.15 bits per heavy atom. The van der Waals surface area contributed by atoms with E-state index in [9.17, 15) is 5.26 Å². The number of nitrogens with zero attached hydrogens (tertiary/aromatic N) is 1. The molecule has 2 N–H and O–H groups in total. The molecule has 0 saturated carbocycles. The maximum atomic E-state index is 9.18. The van der Waals surface area contributed by atoms with Crippen LogP contribution in [-0.2, 0) is 0 Å². The van der Waals surface area contributed by atoms with E-state index in [2.05, 4.69) is 0 Å². The summed E-state index contributed by atoms with van der Waals surface area (Å²) in [6.45, 7) is 0. The highest BCUT2D eigenvalue weighted by molar-refractivity contribution is 5.84. The zero-order chi connectivity index (χ0) is 14.7. The fourth-order valence-corrected chi connectivity index (χ4v) is 1.94. The molecule has 0 bridgehead atoms. The van der Waals surface area contributed by atoms with Crippen LogP contribution in [-0.4, -0.2) is 21.3 Å². The minimum atomic E-state index is 0.0578. The maximum Gasteiger partial charge on any atom is 0.208 e. The van der Waals surface area contributed by atoms with Crippen LogP contribution in [0.5, 0.6) is 17.2 Å². The molecule has 0 unspecified atom stereocenters. The third-order valence-corrected chi connectivity index (χ3v) is 2.92. The molecule has 0 aliphatic carbocycles. The number of nitrogens with two attached hydrogens (primary N) is 1. The zero-order valence-electron chi connectivity index (χ0n) is 11.4. The molecule has 20 heavy (non-hydrogen) atoms. The van der Waals surface area contributed by atoms with Crippen molar-refractivity contribution in [3.05, 3.63) is 24.0 Å². The second-order valence-electron chi connectivity index (χ2n) is 3.91. The standard InChI is InChI=1S/C14H14N2O4/c1-17-8-4-11(18-2)13(12(5-8)19-3)10-7-20-14(16)9(10)6-15/h4-5,7H,16H2,1-3H3. The fourth-order valence-electron chi connectivity index (χ4n) is 1.94. The molecule has 1 aromatic carbocycles. The van der Waals surface area contributed by atoms with Gasteiger partial charge in [-0.3, -0.25) is 0 Å². The number of hydrogen-bond acceptors (Lipinski definition) is 6. The minimum absolute atomic E-state index is 0.0578. The molecule has 0 radical (unpaired) electrons. The molecule has 0 aliphatic rings. The molecule has 0 saturated heterocycles. The molecular weight excluding hydrogens is 260 g/mol. The van der Waals surface area contributed by atoms with Crippen molar-refractivity contribution in [3.8, 4) is 34.4 Å². The Morgan fingerprint density at radius 1 is 1.10 bits per heavy atom. The van der Waals surface area contributed by atoms with Crippen molar-refractivity contribution in [2.75, 3.05) is 27.1 Å². The van der Waals surface area contributed by atoms with Crippen molar-refractivity contribution >= 4 is 5.88 Å². The summed E-state index contributed by atoms with van der Waals surface area (Å²) in [6, 6.07) is 5.41. The fraction of sp³-hybridized carbons (Fsp3) is 0.214. The van der Waals surface area contributed by atoms with Gasteiger partial charge in [-0.1, -0.05) is 0 Å². The molecule has 2 aromatic rings. The van der Waals surface area contributed by atoms with Gasteiger partial charge in [-0.05, 0) is 0 Å². The normalized spacial score (nSPS) is 9.90. The summed E-state index contributed by atoms with van der Waals surface area (Å²) in [7, 11) is 4.59. The van der Waals surface area contributed by atoms with Gasteiger partial charge in [0.05, 0.1) is 26.9 Å². The van der Waals surface area contributed by atoms with Gasteiger partial charge in [0.2, 0.25) is 5.88 Å². The molecule has 104 valence electrons. The van der Waals surface area contributed by atoms with Crippen LogP contribution in [0.15, 0.2) is 22.8 Å². The van der Waals surface area contributed by atoms with E-state index in [0.717, 1.165) is 0 Å². The van der Waals surface area contributed by atoms with Crippen LogP contribution in [0, 0.1) is 11.3 Å². The van der Waals surface area contributed by atoms with Crippen molar-refractivity contribution in [1.82, 2.24) is 0 Å². The third-order valence-electron chi connectivity index (χ3n) is 2.92. The highest BCUT2D eigenvalue weighted by atomic mass is 16.5. The quantitative estimate of drug-likeness (QED) is 0.920. The lowest BCUT2D eigenvalue weighted by atomic mass is 10.0. The first-order valence-corrected chi connectivity index (χ1v) is 5.73. The lowest BCUT2D eigenvalue weighted by Gasteiger charge is -2.14. The van der Waals surface area contributed by atoms with Crippen molar-refractivity contribution in [2.45, 2.75) is 0 Å². The van der Waals surface area contributed by atoms with Crippen LogP contribution in [0.25, 0.3) is 11.1 Å². The maximum absolute atomic E-state index is 9.18. The van der Waals surface area contributed by atoms with Gasteiger partial charge in [-0.2, -0.15) is 5.26 Å². The Kier molecular flexibility index (Phi) is 3.71. The van der Waals surface area contributed by atoms with E-state index >= 15 is 0 Å². The second-order valence-corrected chi connectivity index (χ2v) is 3.91. The molecule has 0 fully saturated rings. The van der Waals surface area contributed by atoms with E-state index in [1.807, 2.05) is 6.07 Å². The van der Waals surface area contributed by atoms with Gasteiger partial charge in [-0.25, -0.2) is 0 Å². The van der Waals surface area contributed by atoms with Crippen LogP contribution in [0.4, 0.5) is 5.88 Å². The first-order chi connectivity index (χ1) is 9.65. The molecule has 6 nitrogen and oxygen atoms in total. The number of methoxy groups -OCH3 is 3. The van der Waals surface area contributed by atoms with Gasteiger partial charge in [0.1, 0.15) is 35.1 Å². The predicted molar refractivity (Wildman–Crippen MR) is 72.9 cm³/mol. The zero-order valence-corrected chi connectivity index (χ0v) is 11.4. The average molecular weight is 274 g/mol. The lowest BCUT2D eigenvalue weighted by molar-refractivity contribution is 0.377. The van der Waals surface area contributed by atoms with E-state index in [1.165, 1.54) is 20.5 Å². The number of anilines is 1. The van der Waals surface area contributed by atoms with Gasteiger partial charge in [-0.15, -0.1) is 0 Å². The molecule has 6 heteroatoms. The number of rotatable bonds is 4. The minimum Gasteiger partial charge on any atom is -0.496 e. The Hall–Kier alpha value is -2.81. The van der Waals surface area contributed by atoms with E-state index in [-0.39, 0.29) is 11.4 Å². The molecule has 1 heterocycles. The monoisotopic (exact) mass is 274 g/mol. The highest BCUT2D eigenvalue weighted by Gasteiger charge is 2.21. The number of ether oxygens (including phenoxy) is 3. The predicted octanol–water partition coefficient (Wildman–Crippen LogP) is 2.43. The summed E-state index contributed by atoms with van der Waals surface area (Å²) < 4.78 is 21.0. The number of hydrogen-bond donors (Lipinski definition) is 1. The summed E-state index contributed by atoms with van der Waals surface area (Å²) in [5.41, 5.74) is 6.98. The first kappa shape index (κ1) is 13.6. The van der Waals surface area contributed by atoms with Crippen LogP contribution in [0.3, 0.4) is 0 Å². The molecular formula is C14H14N2O4. The van der Waals surface area contributed by atoms with Crippen LogP contribution < -0.4 is 19.9 Å². The van der Waals surface area contributed by atoms with Gasteiger partial charge >= 0.3 is 0 Å². The van der Waals surface area contributed by atoms with Crippen molar-refractivity contribution in [3.63, 3.8) is 0 Å². The summed E-state index contributed by atoms with van der Waals surface area (Å²) in [4.78, 5) is 0. The highest BCUT2D eigenvalue weighted by Crippen LogP contribution is 2.44. The van der Waals surface area contributed by atoms with Crippen LogP contribution >= 0.6 is 0 Å². The van der Waals surface area contributed by atoms with Crippen LogP contribution in [0.1, 0.15) is 5.56 Å². The van der Waals surface area contributed by atoms with E-state index < -0.39 is 0 Å². The van der Waals surface area contributed by atoms with E-state index in [4.69, 9.17) is 24.4 Å². The second kappa shape index (κ2) is 5.45. The number of nitrogen functional groups attached to an aromatic ring is 1. The number of furan rings is 1. The van der Waals surface area contributed by atoms with Gasteiger partial charge in [0.25, 0.3) is 0 Å². The van der Waals surface area contributed by atoms with Gasteiger partial charge in [0, 0.05) is 17.7 Å². The van der Waals surface area contributed by atoms with Crippen molar-refractivity contribution in [2.24, 2.45) is 0 Å². The smallest absolute Gasteiger partial charge is 0.208 e. The van der Waals surface area contributed by atoms with E-state index in [0.29, 0.717) is 28.4 Å². The molecule has 0 aliphatic heterocycles. The van der Waals surface area contributed by atoms with Gasteiger partial charge < -0.3 is 24.4 Å². The van der Waals surface area contributed by atoms with E-state index in [1.54, 1.807) is 19.2 Å². The molecule has 0 spiro atoms. The lowest BCUT2D eigenvalue weighted by Crippen LogP contribution is -1.96. The Balaban J connectivity index is 2.75. The number of nitriles is 1. The topological polar surface area (TPSA) is 90.6 Å². The SMILES string of the molecule is COc1cc(OC)c(-c2coc(N)c2C#N)c(OC)c1. The Labute approximate surface area is 116 Å².